The average Bonchev–Trinajstić information content (AvgIpc) is 2.97. The van der Waals surface area contributed by atoms with Crippen molar-refractivity contribution in [1.29, 1.82) is 0 Å². The number of nitrogens with zero attached hydrogens (tertiary/aromatic N) is 1. The third kappa shape index (κ3) is 2.57. The Morgan fingerprint density at radius 1 is 1.15 bits per heavy atom. The number of fused-ring (bicyclic) bond motifs is 1. The largest absolute Gasteiger partial charge is 0.456 e. The maximum absolute atomic E-state index is 13.0. The fourth-order valence-corrected chi connectivity index (χ4v) is 3.83. The van der Waals surface area contributed by atoms with Crippen LogP contribution in [-0.4, -0.2) is 22.2 Å². The van der Waals surface area contributed by atoms with Crippen molar-refractivity contribution in [2.45, 2.75) is 53.6 Å². The molecule has 1 aromatic carbocycles. The molecule has 0 unspecified atom stereocenters. The third-order valence-corrected chi connectivity index (χ3v) is 5.30. The zero-order valence-corrected chi connectivity index (χ0v) is 16.0. The van der Waals surface area contributed by atoms with Gasteiger partial charge in [0.05, 0.1) is 10.9 Å². The molecule has 0 saturated carbocycles. The van der Waals surface area contributed by atoms with Gasteiger partial charge in [-0.3, -0.25) is 19.0 Å². The predicted molar refractivity (Wildman–Crippen MR) is 98.9 cm³/mol. The van der Waals surface area contributed by atoms with E-state index in [0.29, 0.717) is 12.0 Å². The first-order valence-corrected chi connectivity index (χ1v) is 9.01. The Hall–Kier alpha value is -2.43. The predicted octanol–water partition coefficient (Wildman–Crippen LogP) is 4.30. The van der Waals surface area contributed by atoms with E-state index in [4.69, 9.17) is 4.74 Å². The molecule has 1 aliphatic heterocycles. The first-order valence-electron chi connectivity index (χ1n) is 9.01. The van der Waals surface area contributed by atoms with Crippen molar-refractivity contribution in [3.8, 4) is 0 Å². The molecule has 26 heavy (non-hydrogen) atoms. The molecule has 0 radical (unpaired) electrons. The number of ketones is 1. The Kier molecular flexibility index (Phi) is 4.29. The molecule has 3 rings (SSSR count). The summed E-state index contributed by atoms with van der Waals surface area (Å²) in [6, 6.07) is 7.52. The van der Waals surface area contributed by atoms with Gasteiger partial charge in [0.1, 0.15) is 11.5 Å². The van der Waals surface area contributed by atoms with Crippen LogP contribution in [0, 0.1) is 10.8 Å². The van der Waals surface area contributed by atoms with Crippen LogP contribution < -0.4 is 0 Å². The highest BCUT2D eigenvalue weighted by atomic mass is 16.5. The molecule has 0 spiro atoms. The number of aromatic nitrogens is 1. The van der Waals surface area contributed by atoms with E-state index < -0.39 is 22.9 Å². The number of carbonyl (C=O) groups is 3. The van der Waals surface area contributed by atoms with E-state index in [1.807, 2.05) is 31.2 Å². The summed E-state index contributed by atoms with van der Waals surface area (Å²) in [6.45, 7) is 8.76. The molecule has 0 N–H and O–H groups in total. The van der Waals surface area contributed by atoms with Crippen molar-refractivity contribution in [3.63, 3.8) is 0 Å². The maximum Gasteiger partial charge on any atom is 0.319 e. The third-order valence-electron chi connectivity index (χ3n) is 5.30. The van der Waals surface area contributed by atoms with Gasteiger partial charge in [-0.05, 0) is 40.2 Å². The SMILES string of the molecule is CCCC(=O)n1cc([C@H]2OC(=O)C(C)(C)C(=O)C2(C)C)c2ccccc21. The Balaban J connectivity index is 2.18. The maximum atomic E-state index is 13.0. The zero-order valence-electron chi connectivity index (χ0n) is 16.0. The summed E-state index contributed by atoms with van der Waals surface area (Å²) in [5.41, 5.74) is -0.589. The summed E-state index contributed by atoms with van der Waals surface area (Å²) in [4.78, 5) is 38.0. The average molecular weight is 355 g/mol. The highest BCUT2D eigenvalue weighted by molar-refractivity contribution is 6.08. The molecule has 2 aromatic rings. The Bertz CT molecular complexity index is 904. The number of ether oxygens (including phenoxy) is 1. The van der Waals surface area contributed by atoms with Gasteiger partial charge in [0.2, 0.25) is 5.91 Å². The van der Waals surface area contributed by atoms with E-state index in [2.05, 4.69) is 0 Å². The van der Waals surface area contributed by atoms with Crippen molar-refractivity contribution in [3.05, 3.63) is 36.0 Å². The van der Waals surface area contributed by atoms with Gasteiger partial charge in [-0.2, -0.15) is 0 Å². The van der Waals surface area contributed by atoms with Gasteiger partial charge >= 0.3 is 5.97 Å². The molecule has 5 nitrogen and oxygen atoms in total. The molecular formula is C21H25NO4. The second kappa shape index (κ2) is 6.08. The van der Waals surface area contributed by atoms with Crippen LogP contribution in [-0.2, 0) is 14.3 Å². The van der Waals surface area contributed by atoms with Crippen LogP contribution in [0.15, 0.2) is 30.5 Å². The van der Waals surface area contributed by atoms with Gasteiger partial charge < -0.3 is 4.74 Å². The molecule has 1 atom stereocenters. The van der Waals surface area contributed by atoms with Crippen LogP contribution in [0.5, 0.6) is 0 Å². The summed E-state index contributed by atoms with van der Waals surface area (Å²) in [7, 11) is 0. The highest BCUT2D eigenvalue weighted by Crippen LogP contribution is 2.49. The number of rotatable bonds is 3. The molecule has 0 aliphatic carbocycles. The van der Waals surface area contributed by atoms with Crippen molar-refractivity contribution >= 4 is 28.6 Å². The topological polar surface area (TPSA) is 65.4 Å². The van der Waals surface area contributed by atoms with Crippen LogP contribution in [0.25, 0.3) is 10.9 Å². The standard InChI is InChI=1S/C21H25NO4/c1-6-9-16(23)22-12-14(13-10-7-8-11-15(13)22)17-20(2,3)18(24)21(4,5)19(25)26-17/h7-8,10-12,17H,6,9H2,1-5H3/t17-/m1/s1. The van der Waals surface area contributed by atoms with Gasteiger partial charge in [-0.1, -0.05) is 25.1 Å². The van der Waals surface area contributed by atoms with Crippen LogP contribution in [0.4, 0.5) is 0 Å². The minimum atomic E-state index is -1.17. The van der Waals surface area contributed by atoms with Crippen molar-refractivity contribution in [2.75, 3.05) is 0 Å². The molecule has 5 heteroatoms. The fraction of sp³-hybridized carbons (Fsp3) is 0.476. The monoisotopic (exact) mass is 355 g/mol. The quantitative estimate of drug-likeness (QED) is 0.608. The van der Waals surface area contributed by atoms with E-state index in [9.17, 15) is 14.4 Å². The lowest BCUT2D eigenvalue weighted by Crippen LogP contribution is -2.52. The van der Waals surface area contributed by atoms with E-state index in [1.165, 1.54) is 0 Å². The normalized spacial score (nSPS) is 21.7. The van der Waals surface area contributed by atoms with Crippen LogP contribution in [0.1, 0.15) is 63.9 Å². The number of hydrogen-bond acceptors (Lipinski definition) is 4. The molecule has 1 aliphatic rings. The summed E-state index contributed by atoms with van der Waals surface area (Å²) in [5, 5.41) is 0.829. The van der Waals surface area contributed by atoms with Crippen molar-refractivity contribution in [2.24, 2.45) is 10.8 Å². The van der Waals surface area contributed by atoms with Crippen molar-refractivity contribution < 1.29 is 19.1 Å². The van der Waals surface area contributed by atoms with Gasteiger partial charge in [-0.25, -0.2) is 0 Å². The second-order valence-electron chi connectivity index (χ2n) is 8.08. The molecule has 1 fully saturated rings. The van der Waals surface area contributed by atoms with Gasteiger partial charge in [-0.15, -0.1) is 0 Å². The van der Waals surface area contributed by atoms with E-state index >= 15 is 0 Å². The first kappa shape index (κ1) is 18.4. The van der Waals surface area contributed by atoms with E-state index in [1.54, 1.807) is 38.5 Å². The summed E-state index contributed by atoms with van der Waals surface area (Å²) in [5.74, 6) is -0.687. The summed E-state index contributed by atoms with van der Waals surface area (Å²) >= 11 is 0. The molecule has 1 saturated heterocycles. The Morgan fingerprint density at radius 3 is 2.46 bits per heavy atom. The minimum absolute atomic E-state index is 0.0125. The molecule has 138 valence electrons. The number of esters is 1. The smallest absolute Gasteiger partial charge is 0.319 e. The molecule has 1 aromatic heterocycles. The van der Waals surface area contributed by atoms with Crippen LogP contribution in [0.2, 0.25) is 0 Å². The molecule has 0 bridgehead atoms. The Labute approximate surface area is 153 Å². The van der Waals surface area contributed by atoms with Gasteiger partial charge in [0.15, 0.2) is 5.78 Å². The molecular weight excluding hydrogens is 330 g/mol. The lowest BCUT2D eigenvalue weighted by Gasteiger charge is -2.43. The lowest BCUT2D eigenvalue weighted by atomic mass is 9.67. The van der Waals surface area contributed by atoms with Crippen LogP contribution >= 0.6 is 0 Å². The van der Waals surface area contributed by atoms with Crippen molar-refractivity contribution in [1.82, 2.24) is 4.57 Å². The molecule has 2 heterocycles. The number of Topliss-reactive ketones (excluding diaryl/α,β-unsaturated/α-hetero) is 1. The van der Waals surface area contributed by atoms with Crippen LogP contribution in [0.3, 0.4) is 0 Å². The summed E-state index contributed by atoms with van der Waals surface area (Å²) < 4.78 is 7.36. The highest BCUT2D eigenvalue weighted by Gasteiger charge is 2.56. The number of carbonyl (C=O) groups excluding carboxylic acids is 3. The lowest BCUT2D eigenvalue weighted by molar-refractivity contribution is -0.186. The van der Waals surface area contributed by atoms with E-state index in [-0.39, 0.29) is 11.7 Å². The van der Waals surface area contributed by atoms with Gasteiger partial charge in [0, 0.05) is 23.6 Å². The second-order valence-corrected chi connectivity index (χ2v) is 8.08. The van der Waals surface area contributed by atoms with Gasteiger partial charge in [0.25, 0.3) is 0 Å². The number of cyclic esters (lactones) is 1. The summed E-state index contributed by atoms with van der Waals surface area (Å²) in [6.07, 6.45) is 2.18. The number of hydrogen-bond donors (Lipinski definition) is 0. The Morgan fingerprint density at radius 2 is 1.81 bits per heavy atom. The first-order chi connectivity index (χ1) is 12.1. The zero-order chi connectivity index (χ0) is 19.3. The number of para-hydroxylation sites is 1. The number of benzene rings is 1. The van der Waals surface area contributed by atoms with E-state index in [0.717, 1.165) is 17.3 Å². The minimum Gasteiger partial charge on any atom is -0.456 e. The molecule has 0 amide bonds. The fourth-order valence-electron chi connectivity index (χ4n) is 3.83.